The zero-order valence-electron chi connectivity index (χ0n) is 17.6. The van der Waals surface area contributed by atoms with Crippen LogP contribution in [0, 0.1) is 13.8 Å². The second-order valence-electron chi connectivity index (χ2n) is 7.20. The Morgan fingerprint density at radius 3 is 2.52 bits per heavy atom. The summed E-state index contributed by atoms with van der Waals surface area (Å²) in [5.41, 5.74) is 2.71. The van der Waals surface area contributed by atoms with E-state index in [0.29, 0.717) is 43.1 Å². The minimum Gasteiger partial charge on any atom is -0.383 e. The van der Waals surface area contributed by atoms with Crippen molar-refractivity contribution in [2.24, 2.45) is 0 Å². The highest BCUT2D eigenvalue weighted by molar-refractivity contribution is 5.76. The van der Waals surface area contributed by atoms with E-state index in [4.69, 9.17) is 4.74 Å². The minimum absolute atomic E-state index is 0.0747. The van der Waals surface area contributed by atoms with Crippen molar-refractivity contribution in [1.82, 2.24) is 24.5 Å². The molecule has 10 heteroatoms. The van der Waals surface area contributed by atoms with Crippen molar-refractivity contribution >= 4 is 11.7 Å². The van der Waals surface area contributed by atoms with Gasteiger partial charge >= 0.3 is 6.18 Å². The summed E-state index contributed by atoms with van der Waals surface area (Å²) in [5.74, 6) is -1.41. The predicted molar refractivity (Wildman–Crippen MR) is 107 cm³/mol. The number of benzene rings is 1. The lowest BCUT2D eigenvalue weighted by atomic mass is 10.1. The monoisotopic (exact) mass is 435 g/mol. The van der Waals surface area contributed by atoms with Crippen LogP contribution in [-0.2, 0) is 28.7 Å². The highest BCUT2D eigenvalue weighted by atomic mass is 19.4. The molecule has 1 amide bonds. The van der Waals surface area contributed by atoms with Crippen molar-refractivity contribution in [3.8, 4) is 0 Å². The van der Waals surface area contributed by atoms with E-state index in [1.54, 1.807) is 25.9 Å². The van der Waals surface area contributed by atoms with Crippen molar-refractivity contribution in [2.75, 3.05) is 20.3 Å². The van der Waals surface area contributed by atoms with Gasteiger partial charge in [0.2, 0.25) is 5.91 Å². The molecule has 2 aromatic heterocycles. The molecule has 0 unspecified atom stereocenters. The molecule has 1 aromatic carbocycles. The lowest BCUT2D eigenvalue weighted by Crippen LogP contribution is -2.33. The zero-order chi connectivity index (χ0) is 22.6. The Morgan fingerprint density at radius 2 is 1.87 bits per heavy atom. The van der Waals surface area contributed by atoms with E-state index in [-0.39, 0.29) is 18.1 Å². The first-order valence-electron chi connectivity index (χ1n) is 9.81. The summed E-state index contributed by atoms with van der Waals surface area (Å²) in [7, 11) is 1.58. The number of aryl methyl sites for hydroxylation is 2. The van der Waals surface area contributed by atoms with Crippen molar-refractivity contribution in [3.63, 3.8) is 0 Å². The van der Waals surface area contributed by atoms with Gasteiger partial charge in [-0.2, -0.15) is 18.2 Å². The standard InChI is InChI=1S/C21H24F3N5O2/c1-14-17(15(2)29-20(25-14)26-19(27-29)21(22,23)24)9-10-18(30)28(11-12-31-3)13-16-7-5-4-6-8-16/h4-8H,9-13H2,1-3H3. The first kappa shape index (κ1) is 22.7. The highest BCUT2D eigenvalue weighted by Crippen LogP contribution is 2.27. The van der Waals surface area contributed by atoms with Gasteiger partial charge in [0.25, 0.3) is 11.6 Å². The number of amides is 1. The zero-order valence-corrected chi connectivity index (χ0v) is 17.6. The lowest BCUT2D eigenvalue weighted by Gasteiger charge is -2.23. The Hall–Kier alpha value is -3.01. The molecule has 0 atom stereocenters. The minimum atomic E-state index is -4.65. The van der Waals surface area contributed by atoms with Gasteiger partial charge in [0, 0.05) is 38.0 Å². The molecule has 166 valence electrons. The number of rotatable bonds is 8. The molecular weight excluding hydrogens is 411 g/mol. The van der Waals surface area contributed by atoms with Gasteiger partial charge in [0.1, 0.15) is 0 Å². The van der Waals surface area contributed by atoms with Gasteiger partial charge in [-0.15, -0.1) is 5.10 Å². The second-order valence-corrected chi connectivity index (χ2v) is 7.20. The van der Waals surface area contributed by atoms with Crippen molar-refractivity contribution in [2.45, 2.75) is 39.4 Å². The number of fused-ring (bicyclic) bond motifs is 1. The maximum absolute atomic E-state index is 13.0. The van der Waals surface area contributed by atoms with Crippen molar-refractivity contribution < 1.29 is 22.7 Å². The number of carbonyl (C=O) groups is 1. The van der Waals surface area contributed by atoms with Crippen LogP contribution in [0.25, 0.3) is 5.78 Å². The van der Waals surface area contributed by atoms with E-state index >= 15 is 0 Å². The molecule has 2 heterocycles. The molecule has 0 aliphatic rings. The van der Waals surface area contributed by atoms with E-state index in [2.05, 4.69) is 15.1 Å². The quantitative estimate of drug-likeness (QED) is 0.543. The third kappa shape index (κ3) is 5.38. The third-order valence-electron chi connectivity index (χ3n) is 5.03. The topological polar surface area (TPSA) is 72.6 Å². The number of aromatic nitrogens is 4. The fraction of sp³-hybridized carbons (Fsp3) is 0.429. The molecule has 0 bridgehead atoms. The van der Waals surface area contributed by atoms with Crippen LogP contribution < -0.4 is 0 Å². The number of carbonyl (C=O) groups excluding carboxylic acids is 1. The van der Waals surface area contributed by atoms with Crippen LogP contribution in [0.15, 0.2) is 30.3 Å². The van der Waals surface area contributed by atoms with Gasteiger partial charge in [-0.1, -0.05) is 30.3 Å². The van der Waals surface area contributed by atoms with Crippen LogP contribution >= 0.6 is 0 Å². The SMILES string of the molecule is COCCN(Cc1ccccc1)C(=O)CCc1c(C)nc2nc(C(F)(F)F)nn2c1C. The number of alkyl halides is 3. The Labute approximate surface area is 177 Å². The fourth-order valence-corrected chi connectivity index (χ4v) is 3.38. The summed E-state index contributed by atoms with van der Waals surface area (Å²) in [6.45, 7) is 4.65. The predicted octanol–water partition coefficient (Wildman–Crippen LogP) is 3.37. The molecule has 0 N–H and O–H groups in total. The molecule has 0 saturated carbocycles. The molecule has 0 saturated heterocycles. The molecule has 0 aliphatic heterocycles. The Kier molecular flexibility index (Phi) is 6.89. The molecule has 3 aromatic rings. The number of methoxy groups -OCH3 is 1. The van der Waals surface area contributed by atoms with Gasteiger partial charge in [-0.05, 0) is 31.4 Å². The number of nitrogens with zero attached hydrogens (tertiary/aromatic N) is 5. The first-order chi connectivity index (χ1) is 14.7. The largest absolute Gasteiger partial charge is 0.453 e. The van der Waals surface area contributed by atoms with Crippen molar-refractivity contribution in [1.29, 1.82) is 0 Å². The summed E-state index contributed by atoms with van der Waals surface area (Å²) in [6.07, 6.45) is -4.13. The normalized spacial score (nSPS) is 11.8. The summed E-state index contributed by atoms with van der Waals surface area (Å²) >= 11 is 0. The molecule has 7 nitrogen and oxygen atoms in total. The van der Waals surface area contributed by atoms with Gasteiger partial charge in [0.05, 0.1) is 6.61 Å². The van der Waals surface area contributed by atoms with E-state index < -0.39 is 12.0 Å². The van der Waals surface area contributed by atoms with E-state index in [9.17, 15) is 18.0 Å². The number of hydrogen-bond acceptors (Lipinski definition) is 5. The molecular formula is C21H24F3N5O2. The molecule has 0 spiro atoms. The van der Waals surface area contributed by atoms with Crippen LogP contribution in [0.2, 0.25) is 0 Å². The summed E-state index contributed by atoms with van der Waals surface area (Å²) in [4.78, 5) is 22.3. The number of halogens is 3. The van der Waals surface area contributed by atoms with Gasteiger partial charge in [-0.3, -0.25) is 4.79 Å². The summed E-state index contributed by atoms with van der Waals surface area (Å²) in [5, 5.41) is 3.55. The molecule has 0 aliphatic carbocycles. The Morgan fingerprint density at radius 1 is 1.16 bits per heavy atom. The summed E-state index contributed by atoms with van der Waals surface area (Å²) < 4.78 is 45.1. The fourth-order valence-electron chi connectivity index (χ4n) is 3.38. The van der Waals surface area contributed by atoms with E-state index in [1.165, 1.54) is 0 Å². The van der Waals surface area contributed by atoms with Crippen LogP contribution in [0.1, 0.15) is 34.8 Å². The van der Waals surface area contributed by atoms with Crippen LogP contribution in [0.5, 0.6) is 0 Å². The Bertz CT molecular complexity index is 1050. The average molecular weight is 435 g/mol. The smallest absolute Gasteiger partial charge is 0.383 e. The van der Waals surface area contributed by atoms with Gasteiger partial charge < -0.3 is 9.64 Å². The maximum Gasteiger partial charge on any atom is 0.453 e. The first-order valence-corrected chi connectivity index (χ1v) is 9.81. The highest BCUT2D eigenvalue weighted by Gasteiger charge is 2.37. The van der Waals surface area contributed by atoms with E-state index in [0.717, 1.165) is 10.1 Å². The molecule has 3 rings (SSSR count). The number of hydrogen-bond donors (Lipinski definition) is 0. The van der Waals surface area contributed by atoms with Crippen LogP contribution in [-0.4, -0.2) is 50.7 Å². The van der Waals surface area contributed by atoms with E-state index in [1.807, 2.05) is 30.3 Å². The van der Waals surface area contributed by atoms with Gasteiger partial charge in [0.15, 0.2) is 0 Å². The second kappa shape index (κ2) is 9.42. The summed E-state index contributed by atoms with van der Waals surface area (Å²) in [6, 6.07) is 9.63. The molecule has 0 fully saturated rings. The maximum atomic E-state index is 13.0. The Balaban J connectivity index is 1.78. The van der Waals surface area contributed by atoms with Crippen LogP contribution in [0.3, 0.4) is 0 Å². The lowest BCUT2D eigenvalue weighted by molar-refractivity contribution is -0.144. The molecule has 31 heavy (non-hydrogen) atoms. The third-order valence-corrected chi connectivity index (χ3v) is 5.03. The van der Waals surface area contributed by atoms with Crippen LogP contribution in [0.4, 0.5) is 13.2 Å². The van der Waals surface area contributed by atoms with Gasteiger partial charge in [-0.25, -0.2) is 9.50 Å². The number of ether oxygens (including phenoxy) is 1. The van der Waals surface area contributed by atoms with Crippen molar-refractivity contribution in [3.05, 3.63) is 58.7 Å². The molecule has 0 radical (unpaired) electrons. The average Bonchev–Trinajstić information content (AvgIpc) is 3.16.